The molecule has 0 saturated carbocycles. The fourth-order valence-electron chi connectivity index (χ4n) is 2.86. The van der Waals surface area contributed by atoms with Crippen LogP contribution in [0.15, 0.2) is 66.7 Å². The van der Waals surface area contributed by atoms with Crippen molar-refractivity contribution in [1.29, 1.82) is 0 Å². The Morgan fingerprint density at radius 3 is 2.27 bits per heavy atom. The van der Waals surface area contributed by atoms with E-state index in [0.717, 1.165) is 11.3 Å². The van der Waals surface area contributed by atoms with Gasteiger partial charge in [-0.3, -0.25) is 9.59 Å². The van der Waals surface area contributed by atoms with Gasteiger partial charge in [0.25, 0.3) is 5.91 Å². The molecule has 2 amide bonds. The maximum absolute atomic E-state index is 13.6. The summed E-state index contributed by atoms with van der Waals surface area (Å²) >= 11 is 0. The fourth-order valence-corrected chi connectivity index (χ4v) is 2.86. The molecule has 0 radical (unpaired) electrons. The molecule has 6 heteroatoms. The zero-order chi connectivity index (χ0) is 21.5. The second kappa shape index (κ2) is 9.69. The Bertz CT molecular complexity index is 1050. The molecular weight excluding hydrogens is 381 g/mol. The van der Waals surface area contributed by atoms with E-state index < -0.39 is 0 Å². The Labute approximate surface area is 175 Å². The van der Waals surface area contributed by atoms with Gasteiger partial charge in [-0.1, -0.05) is 24.3 Å². The molecule has 0 saturated heterocycles. The Balaban J connectivity index is 1.49. The van der Waals surface area contributed by atoms with Crippen molar-refractivity contribution >= 4 is 23.2 Å². The zero-order valence-corrected chi connectivity index (χ0v) is 17.0. The Hall–Kier alpha value is -3.67. The monoisotopic (exact) mass is 405 g/mol. The highest BCUT2D eigenvalue weighted by molar-refractivity contribution is 5.96. The maximum atomic E-state index is 13.6. The number of carbonyl (C=O) groups is 2. The first kappa shape index (κ1) is 21.0. The Morgan fingerprint density at radius 1 is 0.867 bits per heavy atom. The normalized spacial score (nSPS) is 10.4. The summed E-state index contributed by atoms with van der Waals surface area (Å²) in [5.41, 5.74) is 4.68. The van der Waals surface area contributed by atoms with Crippen molar-refractivity contribution in [3.05, 3.63) is 94.8 Å². The number of hydrogen-bond donors (Lipinski definition) is 3. The van der Waals surface area contributed by atoms with Gasteiger partial charge in [0.05, 0.1) is 6.54 Å². The van der Waals surface area contributed by atoms with Crippen LogP contribution < -0.4 is 16.0 Å². The molecule has 0 aliphatic carbocycles. The Morgan fingerprint density at radius 2 is 1.57 bits per heavy atom. The van der Waals surface area contributed by atoms with Crippen LogP contribution in [0.3, 0.4) is 0 Å². The number of rotatable bonds is 7. The number of benzene rings is 3. The van der Waals surface area contributed by atoms with Gasteiger partial charge in [-0.2, -0.15) is 0 Å². The molecule has 0 aromatic heterocycles. The summed E-state index contributed by atoms with van der Waals surface area (Å²) in [5, 5.41) is 8.57. The third-order valence-corrected chi connectivity index (χ3v) is 4.79. The maximum Gasteiger partial charge on any atom is 0.251 e. The van der Waals surface area contributed by atoms with Gasteiger partial charge in [0, 0.05) is 29.0 Å². The lowest BCUT2D eigenvalue weighted by atomic mass is 10.1. The largest absolute Gasteiger partial charge is 0.376 e. The van der Waals surface area contributed by atoms with E-state index in [4.69, 9.17) is 0 Å². The highest BCUT2D eigenvalue weighted by atomic mass is 19.1. The van der Waals surface area contributed by atoms with Gasteiger partial charge in [-0.25, -0.2) is 4.39 Å². The highest BCUT2D eigenvalue weighted by Crippen LogP contribution is 2.14. The van der Waals surface area contributed by atoms with Crippen LogP contribution in [0.4, 0.5) is 15.8 Å². The number of carbonyl (C=O) groups excluding carboxylic acids is 2. The second-order valence-electron chi connectivity index (χ2n) is 7.05. The van der Waals surface area contributed by atoms with Gasteiger partial charge in [-0.15, -0.1) is 0 Å². The van der Waals surface area contributed by atoms with Crippen LogP contribution in [-0.4, -0.2) is 18.4 Å². The van der Waals surface area contributed by atoms with Gasteiger partial charge in [0.2, 0.25) is 5.91 Å². The average Bonchev–Trinajstić information content (AvgIpc) is 2.74. The second-order valence-corrected chi connectivity index (χ2v) is 7.05. The van der Waals surface area contributed by atoms with E-state index in [1.54, 1.807) is 42.5 Å². The number of amides is 2. The minimum Gasteiger partial charge on any atom is -0.376 e. The summed E-state index contributed by atoms with van der Waals surface area (Å²) in [4.78, 5) is 24.4. The molecule has 3 aromatic carbocycles. The number of halogens is 1. The van der Waals surface area contributed by atoms with Crippen LogP contribution in [0.2, 0.25) is 0 Å². The Kier molecular flexibility index (Phi) is 6.80. The topological polar surface area (TPSA) is 70.2 Å². The minimum absolute atomic E-state index is 0.105. The first-order valence-electron chi connectivity index (χ1n) is 9.65. The van der Waals surface area contributed by atoms with Crippen LogP contribution >= 0.6 is 0 Å². The third kappa shape index (κ3) is 5.67. The summed E-state index contributed by atoms with van der Waals surface area (Å²) in [6, 6.07) is 18.8. The lowest BCUT2D eigenvalue weighted by molar-refractivity contribution is -0.114. The predicted octanol–water partition coefficient (Wildman–Crippen LogP) is 4.42. The van der Waals surface area contributed by atoms with E-state index in [9.17, 15) is 14.0 Å². The van der Waals surface area contributed by atoms with E-state index >= 15 is 0 Å². The molecule has 0 fully saturated rings. The standard InChI is InChI=1S/C24H24FN3O2/c1-16-7-10-21(13-17(16)2)26-15-23(29)28-20-11-8-18(9-12-20)24(30)27-14-19-5-3-4-6-22(19)25/h3-13,26H,14-15H2,1-2H3,(H,27,30)(H,28,29). The molecule has 0 aliphatic heterocycles. The number of nitrogens with one attached hydrogen (secondary N) is 3. The van der Waals surface area contributed by atoms with E-state index in [1.807, 2.05) is 32.0 Å². The number of hydrogen-bond acceptors (Lipinski definition) is 3. The summed E-state index contributed by atoms with van der Waals surface area (Å²) in [5.74, 6) is -0.859. The molecule has 0 bridgehead atoms. The molecular formula is C24H24FN3O2. The first-order chi connectivity index (χ1) is 14.4. The smallest absolute Gasteiger partial charge is 0.251 e. The summed E-state index contributed by atoms with van der Waals surface area (Å²) < 4.78 is 13.6. The van der Waals surface area contributed by atoms with Gasteiger partial charge >= 0.3 is 0 Å². The molecule has 0 aliphatic rings. The number of aryl methyl sites for hydroxylation is 2. The molecule has 0 heterocycles. The quantitative estimate of drug-likeness (QED) is 0.545. The van der Waals surface area contributed by atoms with Crippen molar-refractivity contribution in [1.82, 2.24) is 5.32 Å². The fraction of sp³-hybridized carbons (Fsp3) is 0.167. The minimum atomic E-state index is -0.356. The van der Waals surface area contributed by atoms with E-state index in [1.165, 1.54) is 11.6 Å². The highest BCUT2D eigenvalue weighted by Gasteiger charge is 2.08. The van der Waals surface area contributed by atoms with Crippen LogP contribution in [0.5, 0.6) is 0 Å². The molecule has 30 heavy (non-hydrogen) atoms. The molecule has 0 atom stereocenters. The predicted molar refractivity (Wildman–Crippen MR) is 117 cm³/mol. The van der Waals surface area contributed by atoms with Crippen molar-refractivity contribution in [2.24, 2.45) is 0 Å². The lowest BCUT2D eigenvalue weighted by Gasteiger charge is -2.10. The SMILES string of the molecule is Cc1ccc(NCC(=O)Nc2ccc(C(=O)NCc3ccccc3F)cc2)cc1C. The van der Waals surface area contributed by atoms with E-state index in [2.05, 4.69) is 16.0 Å². The first-order valence-corrected chi connectivity index (χ1v) is 9.65. The summed E-state index contributed by atoms with van der Waals surface area (Å²) in [6.07, 6.45) is 0. The van der Waals surface area contributed by atoms with E-state index in [-0.39, 0.29) is 30.7 Å². The third-order valence-electron chi connectivity index (χ3n) is 4.79. The van der Waals surface area contributed by atoms with Crippen molar-refractivity contribution < 1.29 is 14.0 Å². The lowest BCUT2D eigenvalue weighted by Crippen LogP contribution is -2.24. The molecule has 154 valence electrons. The molecule has 0 unspecified atom stereocenters. The van der Waals surface area contributed by atoms with Crippen LogP contribution in [-0.2, 0) is 11.3 Å². The van der Waals surface area contributed by atoms with Gasteiger partial charge < -0.3 is 16.0 Å². The molecule has 0 spiro atoms. The van der Waals surface area contributed by atoms with Crippen molar-refractivity contribution in [2.75, 3.05) is 17.2 Å². The van der Waals surface area contributed by atoms with Gasteiger partial charge in [-0.05, 0) is 67.4 Å². The molecule has 3 N–H and O–H groups in total. The zero-order valence-electron chi connectivity index (χ0n) is 17.0. The van der Waals surface area contributed by atoms with Crippen LogP contribution in [0.25, 0.3) is 0 Å². The molecule has 5 nitrogen and oxygen atoms in total. The van der Waals surface area contributed by atoms with Crippen molar-refractivity contribution in [3.8, 4) is 0 Å². The molecule has 3 aromatic rings. The summed E-state index contributed by atoms with van der Waals surface area (Å²) in [6.45, 7) is 4.30. The summed E-state index contributed by atoms with van der Waals surface area (Å²) in [7, 11) is 0. The van der Waals surface area contributed by atoms with Gasteiger partial charge in [0.1, 0.15) is 5.82 Å². The van der Waals surface area contributed by atoms with E-state index in [0.29, 0.717) is 16.8 Å². The van der Waals surface area contributed by atoms with Crippen LogP contribution in [0, 0.1) is 19.7 Å². The average molecular weight is 405 g/mol. The van der Waals surface area contributed by atoms with Crippen molar-refractivity contribution in [2.45, 2.75) is 20.4 Å². The van der Waals surface area contributed by atoms with Crippen LogP contribution in [0.1, 0.15) is 27.0 Å². The molecule has 3 rings (SSSR count). The van der Waals surface area contributed by atoms with Gasteiger partial charge in [0.15, 0.2) is 0 Å². The van der Waals surface area contributed by atoms with Crippen molar-refractivity contribution in [3.63, 3.8) is 0 Å². The number of anilines is 2.